The van der Waals surface area contributed by atoms with E-state index in [9.17, 15) is 9.59 Å². The molecule has 0 aromatic heterocycles. The van der Waals surface area contributed by atoms with Crippen molar-refractivity contribution >= 4 is 23.2 Å². The van der Waals surface area contributed by atoms with Crippen molar-refractivity contribution in [3.8, 4) is 0 Å². The van der Waals surface area contributed by atoms with Crippen LogP contribution in [0.25, 0.3) is 0 Å². The molecule has 4 heteroatoms. The number of hydrogen-bond acceptors (Lipinski definition) is 2. The van der Waals surface area contributed by atoms with Crippen molar-refractivity contribution < 1.29 is 9.59 Å². The molecule has 1 heterocycles. The Bertz CT molecular complexity index is 665. The highest BCUT2D eigenvalue weighted by molar-refractivity contribution is 6.05. The van der Waals surface area contributed by atoms with Crippen molar-refractivity contribution in [2.45, 2.75) is 12.8 Å². The second-order valence-corrected chi connectivity index (χ2v) is 4.74. The summed E-state index contributed by atoms with van der Waals surface area (Å²) < 4.78 is 0. The number of nitrogens with one attached hydrogen (secondary N) is 2. The van der Waals surface area contributed by atoms with E-state index in [1.165, 1.54) is 0 Å². The highest BCUT2D eigenvalue weighted by Gasteiger charge is 2.16. The number of para-hydroxylation sites is 1. The first-order chi connectivity index (χ1) is 9.72. The lowest BCUT2D eigenvalue weighted by molar-refractivity contribution is -0.116. The average molecular weight is 266 g/mol. The summed E-state index contributed by atoms with van der Waals surface area (Å²) in [7, 11) is 0. The van der Waals surface area contributed by atoms with E-state index in [4.69, 9.17) is 0 Å². The van der Waals surface area contributed by atoms with Crippen LogP contribution in [0.3, 0.4) is 0 Å². The monoisotopic (exact) mass is 266 g/mol. The molecule has 0 saturated heterocycles. The molecule has 2 N–H and O–H groups in total. The van der Waals surface area contributed by atoms with Gasteiger partial charge in [-0.3, -0.25) is 9.59 Å². The minimum absolute atomic E-state index is 0.0268. The average Bonchev–Trinajstić information content (AvgIpc) is 2.47. The van der Waals surface area contributed by atoms with Crippen molar-refractivity contribution in [3.63, 3.8) is 0 Å². The van der Waals surface area contributed by atoms with Crippen LogP contribution < -0.4 is 10.6 Å². The maximum Gasteiger partial charge on any atom is 0.255 e. The number of benzene rings is 2. The number of hydrogen-bond donors (Lipinski definition) is 2. The molecule has 0 unspecified atom stereocenters. The molecule has 2 amide bonds. The molecule has 4 nitrogen and oxygen atoms in total. The summed E-state index contributed by atoms with van der Waals surface area (Å²) in [6.45, 7) is 0. The fraction of sp³-hybridized carbons (Fsp3) is 0.125. The van der Waals surface area contributed by atoms with Crippen LogP contribution in [0.4, 0.5) is 11.4 Å². The van der Waals surface area contributed by atoms with Gasteiger partial charge in [0.15, 0.2) is 0 Å². The van der Waals surface area contributed by atoms with Gasteiger partial charge >= 0.3 is 0 Å². The Morgan fingerprint density at radius 2 is 1.85 bits per heavy atom. The van der Waals surface area contributed by atoms with Crippen LogP contribution in [0, 0.1) is 0 Å². The molecule has 20 heavy (non-hydrogen) atoms. The van der Waals surface area contributed by atoms with Gasteiger partial charge in [-0.15, -0.1) is 0 Å². The van der Waals surface area contributed by atoms with Gasteiger partial charge in [0, 0.05) is 23.4 Å². The van der Waals surface area contributed by atoms with Gasteiger partial charge < -0.3 is 10.6 Å². The van der Waals surface area contributed by atoms with E-state index in [0.717, 1.165) is 16.9 Å². The van der Waals surface area contributed by atoms with Gasteiger partial charge in [0.25, 0.3) is 5.91 Å². The lowest BCUT2D eigenvalue weighted by Crippen LogP contribution is -2.20. The molecular weight excluding hydrogens is 252 g/mol. The van der Waals surface area contributed by atoms with Gasteiger partial charge in [-0.25, -0.2) is 0 Å². The molecule has 0 aliphatic carbocycles. The molecule has 1 aliphatic heterocycles. The van der Waals surface area contributed by atoms with Crippen molar-refractivity contribution in [1.82, 2.24) is 0 Å². The number of amides is 2. The van der Waals surface area contributed by atoms with Crippen LogP contribution in [-0.2, 0) is 11.2 Å². The standard InChI is InChI=1S/C16H14N2O2/c19-15-9-7-11-10-12(6-8-14(11)18-15)16(20)17-13-4-2-1-3-5-13/h1-6,8,10H,7,9H2,(H,17,20)(H,18,19). The van der Waals surface area contributed by atoms with Gasteiger partial charge in [0.05, 0.1) is 0 Å². The summed E-state index contributed by atoms with van der Waals surface area (Å²) >= 11 is 0. The molecule has 0 radical (unpaired) electrons. The number of anilines is 2. The second kappa shape index (κ2) is 5.17. The van der Waals surface area contributed by atoms with Gasteiger partial charge in [0.1, 0.15) is 0 Å². The van der Waals surface area contributed by atoms with E-state index >= 15 is 0 Å². The van der Waals surface area contributed by atoms with Gasteiger partial charge in [-0.1, -0.05) is 18.2 Å². The van der Waals surface area contributed by atoms with Crippen molar-refractivity contribution in [3.05, 3.63) is 59.7 Å². The quantitative estimate of drug-likeness (QED) is 0.878. The minimum atomic E-state index is -0.143. The minimum Gasteiger partial charge on any atom is -0.326 e. The Morgan fingerprint density at radius 1 is 1.05 bits per heavy atom. The third kappa shape index (κ3) is 2.54. The first-order valence-electron chi connectivity index (χ1n) is 6.51. The molecule has 2 aromatic rings. The molecule has 3 rings (SSSR count). The molecule has 2 aromatic carbocycles. The van der Waals surface area contributed by atoms with E-state index < -0.39 is 0 Å². The normalized spacial score (nSPS) is 13.3. The Labute approximate surface area is 116 Å². The van der Waals surface area contributed by atoms with Crippen LogP contribution in [0.15, 0.2) is 48.5 Å². The summed E-state index contributed by atoms with van der Waals surface area (Å²) in [5.41, 5.74) is 3.18. The van der Waals surface area contributed by atoms with Crippen LogP contribution in [-0.4, -0.2) is 11.8 Å². The molecule has 100 valence electrons. The summed E-state index contributed by atoms with van der Waals surface area (Å²) in [4.78, 5) is 23.5. The Hall–Kier alpha value is -2.62. The topological polar surface area (TPSA) is 58.2 Å². The summed E-state index contributed by atoms with van der Waals surface area (Å²) in [5.74, 6) is -0.116. The zero-order valence-corrected chi connectivity index (χ0v) is 10.8. The first-order valence-corrected chi connectivity index (χ1v) is 6.51. The third-order valence-corrected chi connectivity index (χ3v) is 3.29. The van der Waals surface area contributed by atoms with Crippen LogP contribution in [0.5, 0.6) is 0 Å². The van der Waals surface area contributed by atoms with E-state index in [1.807, 2.05) is 36.4 Å². The Kier molecular flexibility index (Phi) is 3.21. The van der Waals surface area contributed by atoms with Crippen LogP contribution >= 0.6 is 0 Å². The van der Waals surface area contributed by atoms with E-state index in [-0.39, 0.29) is 11.8 Å². The molecular formula is C16H14N2O2. The van der Waals surface area contributed by atoms with E-state index in [0.29, 0.717) is 18.4 Å². The van der Waals surface area contributed by atoms with E-state index in [1.54, 1.807) is 12.1 Å². The number of carbonyl (C=O) groups excluding carboxylic acids is 2. The lowest BCUT2D eigenvalue weighted by Gasteiger charge is -2.17. The van der Waals surface area contributed by atoms with Gasteiger partial charge in [-0.05, 0) is 42.3 Å². The second-order valence-electron chi connectivity index (χ2n) is 4.74. The fourth-order valence-electron chi connectivity index (χ4n) is 2.25. The predicted octanol–water partition coefficient (Wildman–Crippen LogP) is 2.82. The fourth-order valence-corrected chi connectivity index (χ4v) is 2.25. The highest BCUT2D eigenvalue weighted by atomic mass is 16.2. The maximum absolute atomic E-state index is 12.2. The van der Waals surface area contributed by atoms with Crippen molar-refractivity contribution in [2.24, 2.45) is 0 Å². The van der Waals surface area contributed by atoms with Gasteiger partial charge in [-0.2, -0.15) is 0 Å². The number of aryl methyl sites for hydroxylation is 1. The highest BCUT2D eigenvalue weighted by Crippen LogP contribution is 2.24. The molecule has 1 aliphatic rings. The zero-order valence-electron chi connectivity index (χ0n) is 10.8. The molecule has 0 spiro atoms. The number of rotatable bonds is 2. The summed E-state index contributed by atoms with van der Waals surface area (Å²) in [5, 5.41) is 5.65. The SMILES string of the molecule is O=C1CCc2cc(C(=O)Nc3ccccc3)ccc2N1. The first kappa shape index (κ1) is 12.4. The predicted molar refractivity (Wildman–Crippen MR) is 77.8 cm³/mol. The lowest BCUT2D eigenvalue weighted by atomic mass is 10.00. The Balaban J connectivity index is 1.81. The molecule has 0 saturated carbocycles. The maximum atomic E-state index is 12.2. The number of carbonyl (C=O) groups is 2. The molecule has 0 fully saturated rings. The molecule has 0 atom stereocenters. The zero-order chi connectivity index (χ0) is 13.9. The molecule has 0 bridgehead atoms. The summed E-state index contributed by atoms with van der Waals surface area (Å²) in [6, 6.07) is 14.7. The largest absolute Gasteiger partial charge is 0.326 e. The number of fused-ring (bicyclic) bond motifs is 1. The Morgan fingerprint density at radius 3 is 2.65 bits per heavy atom. The van der Waals surface area contributed by atoms with Gasteiger partial charge in [0.2, 0.25) is 5.91 Å². The smallest absolute Gasteiger partial charge is 0.255 e. The summed E-state index contributed by atoms with van der Waals surface area (Å²) in [6.07, 6.45) is 1.14. The van der Waals surface area contributed by atoms with E-state index in [2.05, 4.69) is 10.6 Å². The van der Waals surface area contributed by atoms with Crippen molar-refractivity contribution in [1.29, 1.82) is 0 Å². The van der Waals surface area contributed by atoms with Crippen LogP contribution in [0.2, 0.25) is 0 Å². The van der Waals surface area contributed by atoms with Crippen LogP contribution in [0.1, 0.15) is 22.3 Å². The third-order valence-electron chi connectivity index (χ3n) is 3.29. The van der Waals surface area contributed by atoms with Crippen molar-refractivity contribution in [2.75, 3.05) is 10.6 Å².